The highest BCUT2D eigenvalue weighted by atomic mass is 16.5. The van der Waals surface area contributed by atoms with Gasteiger partial charge >= 0.3 is 5.97 Å². The molecule has 0 aromatic heterocycles. The zero-order chi connectivity index (χ0) is 24.1. The van der Waals surface area contributed by atoms with E-state index in [1.54, 1.807) is 0 Å². The Morgan fingerprint density at radius 1 is 1.00 bits per heavy atom. The molecule has 5 nitrogen and oxygen atoms in total. The smallest absolute Gasteiger partial charge is 0.313 e. The second-order valence-electron chi connectivity index (χ2n) is 11.1. The molecule has 188 valence electrons. The number of likely N-dealkylation sites (tertiary alicyclic amines) is 1. The van der Waals surface area contributed by atoms with Crippen LogP contribution < -0.4 is 5.32 Å². The van der Waals surface area contributed by atoms with Crippen LogP contribution in [-0.4, -0.2) is 56.8 Å². The summed E-state index contributed by atoms with van der Waals surface area (Å²) in [7, 11) is 1.82. The highest BCUT2D eigenvalue weighted by Crippen LogP contribution is 2.45. The van der Waals surface area contributed by atoms with Gasteiger partial charge in [-0.05, 0) is 56.3 Å². The first kappa shape index (κ1) is 24.5. The fraction of sp³-hybridized carbons (Fsp3) is 0.567. The van der Waals surface area contributed by atoms with Crippen LogP contribution in [0.1, 0.15) is 55.6 Å². The average Bonchev–Trinajstić information content (AvgIpc) is 3.66. The van der Waals surface area contributed by atoms with Gasteiger partial charge in [-0.3, -0.25) is 4.79 Å². The number of ether oxygens (including phenoxy) is 2. The van der Waals surface area contributed by atoms with Crippen molar-refractivity contribution >= 4 is 5.97 Å². The SMILES string of the molecule is COCC1(CN[C@@H]2CC2c2ccccc2)CCN(CC2(C(=O)OCc3ccccc3)CCC2)CC1. The lowest BCUT2D eigenvalue weighted by atomic mass is 9.67. The predicted octanol–water partition coefficient (Wildman–Crippen LogP) is 4.77. The second-order valence-corrected chi connectivity index (χ2v) is 11.1. The molecule has 1 aliphatic heterocycles. The van der Waals surface area contributed by atoms with E-state index >= 15 is 0 Å². The Kier molecular flexibility index (Phi) is 7.56. The molecule has 2 aromatic carbocycles. The van der Waals surface area contributed by atoms with Gasteiger partial charge in [0.15, 0.2) is 0 Å². The molecule has 2 aromatic rings. The summed E-state index contributed by atoms with van der Waals surface area (Å²) in [4.78, 5) is 15.6. The summed E-state index contributed by atoms with van der Waals surface area (Å²) < 4.78 is 11.5. The van der Waals surface area contributed by atoms with Crippen LogP contribution in [-0.2, 0) is 20.9 Å². The third-order valence-corrected chi connectivity index (χ3v) is 8.61. The number of methoxy groups -OCH3 is 1. The Labute approximate surface area is 210 Å². The van der Waals surface area contributed by atoms with Crippen molar-refractivity contribution in [3.8, 4) is 0 Å². The molecule has 1 N–H and O–H groups in total. The molecule has 2 saturated carbocycles. The Balaban J connectivity index is 1.11. The summed E-state index contributed by atoms with van der Waals surface area (Å²) in [5.41, 5.74) is 2.36. The quantitative estimate of drug-likeness (QED) is 0.473. The molecule has 5 heteroatoms. The van der Waals surface area contributed by atoms with Gasteiger partial charge in [-0.1, -0.05) is 67.1 Å². The van der Waals surface area contributed by atoms with Crippen molar-refractivity contribution in [3.05, 3.63) is 71.8 Å². The fourth-order valence-corrected chi connectivity index (χ4v) is 6.04. The van der Waals surface area contributed by atoms with Crippen LogP contribution in [0.5, 0.6) is 0 Å². The summed E-state index contributed by atoms with van der Waals surface area (Å²) in [5.74, 6) is 0.639. The molecule has 1 unspecified atom stereocenters. The second kappa shape index (κ2) is 10.8. The van der Waals surface area contributed by atoms with Gasteiger partial charge in [-0.2, -0.15) is 0 Å². The molecule has 1 heterocycles. The number of hydrogen-bond donors (Lipinski definition) is 1. The number of nitrogens with one attached hydrogen (secondary N) is 1. The highest BCUT2D eigenvalue weighted by Gasteiger charge is 2.48. The number of rotatable bonds is 11. The maximum absolute atomic E-state index is 13.1. The first-order chi connectivity index (χ1) is 17.1. The van der Waals surface area contributed by atoms with Gasteiger partial charge in [-0.15, -0.1) is 0 Å². The molecule has 5 rings (SSSR count). The van der Waals surface area contributed by atoms with E-state index in [4.69, 9.17) is 9.47 Å². The van der Waals surface area contributed by atoms with E-state index in [2.05, 4.69) is 40.5 Å². The lowest BCUT2D eigenvalue weighted by Crippen LogP contribution is -2.53. The Morgan fingerprint density at radius 3 is 2.31 bits per heavy atom. The number of carbonyl (C=O) groups is 1. The molecule has 2 aliphatic carbocycles. The summed E-state index contributed by atoms with van der Waals surface area (Å²) in [5, 5.41) is 3.86. The van der Waals surface area contributed by atoms with Gasteiger partial charge < -0.3 is 19.7 Å². The molecule has 0 bridgehead atoms. The number of carbonyl (C=O) groups excluding carboxylic acids is 1. The van der Waals surface area contributed by atoms with Crippen LogP contribution in [0, 0.1) is 10.8 Å². The van der Waals surface area contributed by atoms with Crippen LogP contribution in [0.3, 0.4) is 0 Å². The van der Waals surface area contributed by atoms with Gasteiger partial charge in [0, 0.05) is 37.6 Å². The molecule has 3 aliphatic rings. The van der Waals surface area contributed by atoms with E-state index in [1.165, 1.54) is 12.0 Å². The molecule has 0 radical (unpaired) electrons. The normalized spacial score (nSPS) is 24.9. The van der Waals surface area contributed by atoms with E-state index in [0.29, 0.717) is 18.6 Å². The Bertz CT molecular complexity index is 952. The molecule has 0 amide bonds. The number of benzene rings is 2. The monoisotopic (exact) mass is 476 g/mol. The molecular formula is C30H40N2O3. The van der Waals surface area contributed by atoms with E-state index in [9.17, 15) is 4.79 Å². The summed E-state index contributed by atoms with van der Waals surface area (Å²) in [6.07, 6.45) is 6.45. The van der Waals surface area contributed by atoms with E-state index in [1.807, 2.05) is 37.4 Å². The summed E-state index contributed by atoms with van der Waals surface area (Å²) in [6.45, 7) is 5.04. The largest absolute Gasteiger partial charge is 0.460 e. The number of hydrogen-bond acceptors (Lipinski definition) is 5. The van der Waals surface area contributed by atoms with E-state index in [-0.39, 0.29) is 16.8 Å². The first-order valence-electron chi connectivity index (χ1n) is 13.3. The minimum Gasteiger partial charge on any atom is -0.460 e. The number of esters is 1. The van der Waals surface area contributed by atoms with Crippen molar-refractivity contribution in [3.63, 3.8) is 0 Å². The van der Waals surface area contributed by atoms with Gasteiger partial charge in [0.1, 0.15) is 6.61 Å². The maximum Gasteiger partial charge on any atom is 0.313 e. The molecule has 1 saturated heterocycles. The topological polar surface area (TPSA) is 50.8 Å². The van der Waals surface area contributed by atoms with Crippen LogP contribution in [0.2, 0.25) is 0 Å². The van der Waals surface area contributed by atoms with Crippen molar-refractivity contribution < 1.29 is 14.3 Å². The maximum atomic E-state index is 13.1. The van der Waals surface area contributed by atoms with Gasteiger partial charge in [0.2, 0.25) is 0 Å². The zero-order valence-electron chi connectivity index (χ0n) is 21.1. The third kappa shape index (κ3) is 5.79. The third-order valence-electron chi connectivity index (χ3n) is 8.61. The Hall–Kier alpha value is -2.21. The molecule has 3 fully saturated rings. The van der Waals surface area contributed by atoms with Crippen LogP contribution in [0.4, 0.5) is 0 Å². The summed E-state index contributed by atoms with van der Waals surface area (Å²) in [6, 6.07) is 21.4. The first-order valence-corrected chi connectivity index (χ1v) is 13.3. The van der Waals surface area contributed by atoms with E-state index < -0.39 is 0 Å². The molecule has 35 heavy (non-hydrogen) atoms. The van der Waals surface area contributed by atoms with Crippen molar-refractivity contribution in [2.75, 3.05) is 39.9 Å². The zero-order valence-corrected chi connectivity index (χ0v) is 21.1. The predicted molar refractivity (Wildman–Crippen MR) is 138 cm³/mol. The Morgan fingerprint density at radius 2 is 1.69 bits per heavy atom. The van der Waals surface area contributed by atoms with Gasteiger partial charge in [0.25, 0.3) is 0 Å². The minimum absolute atomic E-state index is 0.0105. The van der Waals surface area contributed by atoms with Crippen molar-refractivity contribution in [2.24, 2.45) is 10.8 Å². The fourth-order valence-electron chi connectivity index (χ4n) is 6.04. The lowest BCUT2D eigenvalue weighted by Gasteiger charge is -2.47. The average molecular weight is 477 g/mol. The van der Waals surface area contributed by atoms with Crippen molar-refractivity contribution in [2.45, 2.75) is 57.1 Å². The summed E-state index contributed by atoms with van der Waals surface area (Å²) >= 11 is 0. The highest BCUT2D eigenvalue weighted by molar-refractivity contribution is 5.78. The molecule has 2 atom stereocenters. The van der Waals surface area contributed by atoms with Gasteiger partial charge in [0.05, 0.1) is 12.0 Å². The number of piperidine rings is 1. The van der Waals surface area contributed by atoms with Crippen LogP contribution >= 0.6 is 0 Å². The molecule has 0 spiro atoms. The minimum atomic E-state index is -0.314. The number of nitrogens with zero attached hydrogens (tertiary/aromatic N) is 1. The molecular weight excluding hydrogens is 436 g/mol. The lowest BCUT2D eigenvalue weighted by molar-refractivity contribution is -0.165. The van der Waals surface area contributed by atoms with Crippen molar-refractivity contribution in [1.82, 2.24) is 10.2 Å². The standard InChI is InChI=1S/C30H40N2O3/c1-34-23-29(21-31-27-19-26(27)25-11-6-3-7-12-25)15-17-32(18-16-29)22-30(13-8-14-30)28(33)35-20-24-9-4-2-5-10-24/h2-7,9-12,26-27,31H,8,13-23H2,1H3/t26?,27-/m1/s1. The van der Waals surface area contributed by atoms with E-state index in [0.717, 1.165) is 70.5 Å². The van der Waals surface area contributed by atoms with Crippen molar-refractivity contribution in [1.29, 1.82) is 0 Å². The van der Waals surface area contributed by atoms with Gasteiger partial charge in [-0.25, -0.2) is 0 Å². The van der Waals surface area contributed by atoms with Crippen LogP contribution in [0.25, 0.3) is 0 Å². The van der Waals surface area contributed by atoms with Crippen LogP contribution in [0.15, 0.2) is 60.7 Å².